The lowest BCUT2D eigenvalue weighted by atomic mass is 10.2. The van der Waals surface area contributed by atoms with E-state index in [9.17, 15) is 14.5 Å². The Morgan fingerprint density at radius 1 is 1.26 bits per heavy atom. The maximum absolute atomic E-state index is 13.6. The van der Waals surface area contributed by atoms with E-state index >= 15 is 0 Å². The normalized spacial score (nSPS) is 16.1. The highest BCUT2D eigenvalue weighted by atomic mass is 19.1. The molecule has 1 aliphatic rings. The minimum absolute atomic E-state index is 0.130. The van der Waals surface area contributed by atoms with E-state index < -0.39 is 11.2 Å². The van der Waals surface area contributed by atoms with Crippen molar-refractivity contribution in [1.82, 2.24) is 15.3 Å². The first-order valence-corrected chi connectivity index (χ1v) is 9.80. The predicted octanol–water partition coefficient (Wildman–Crippen LogP) is 3.60. The van der Waals surface area contributed by atoms with E-state index in [0.717, 1.165) is 11.4 Å². The molecule has 1 aliphatic heterocycles. The molecule has 10 heteroatoms. The fourth-order valence-corrected chi connectivity index (χ4v) is 3.38. The van der Waals surface area contributed by atoms with E-state index in [2.05, 4.69) is 20.6 Å². The molecule has 4 rings (SSSR count). The summed E-state index contributed by atoms with van der Waals surface area (Å²) in [5, 5.41) is 17.3. The molecule has 160 valence electrons. The SMILES string of the molecule is CN(c1cccnc1)c1ccc([N+](=O)[O-])c(Nc2ccc(N3CCNC(F)C3)cc2)n1. The number of anilines is 5. The Hall–Kier alpha value is -3.79. The topological polar surface area (TPSA) is 99.5 Å². The van der Waals surface area contributed by atoms with Crippen LogP contribution in [0.3, 0.4) is 0 Å². The van der Waals surface area contributed by atoms with E-state index in [1.807, 2.05) is 36.2 Å². The molecule has 1 unspecified atom stereocenters. The van der Waals surface area contributed by atoms with Crippen molar-refractivity contribution in [3.05, 3.63) is 71.0 Å². The van der Waals surface area contributed by atoms with Gasteiger partial charge in [0.2, 0.25) is 5.82 Å². The molecule has 0 amide bonds. The van der Waals surface area contributed by atoms with Crippen molar-refractivity contribution >= 4 is 34.4 Å². The molecule has 0 bridgehead atoms. The number of aromatic nitrogens is 2. The van der Waals surface area contributed by atoms with Gasteiger partial charge in [-0.25, -0.2) is 9.37 Å². The van der Waals surface area contributed by atoms with E-state index in [0.29, 0.717) is 24.6 Å². The Bertz CT molecular complexity index is 1050. The number of nitrogens with zero attached hydrogens (tertiary/aromatic N) is 5. The van der Waals surface area contributed by atoms with Crippen molar-refractivity contribution < 1.29 is 9.31 Å². The molecule has 1 saturated heterocycles. The second kappa shape index (κ2) is 8.92. The minimum atomic E-state index is -1.06. The molecule has 1 aromatic carbocycles. The quantitative estimate of drug-likeness (QED) is 0.352. The van der Waals surface area contributed by atoms with Gasteiger partial charge in [-0.2, -0.15) is 0 Å². The summed E-state index contributed by atoms with van der Waals surface area (Å²) in [7, 11) is 1.81. The van der Waals surface area contributed by atoms with Gasteiger partial charge in [-0.05, 0) is 42.5 Å². The Labute approximate surface area is 178 Å². The molecule has 0 spiro atoms. The molecule has 2 aromatic heterocycles. The summed E-state index contributed by atoms with van der Waals surface area (Å²) in [6.07, 6.45) is 2.30. The molecule has 0 radical (unpaired) electrons. The maximum Gasteiger partial charge on any atom is 0.311 e. The van der Waals surface area contributed by atoms with Gasteiger partial charge < -0.3 is 15.1 Å². The molecule has 31 heavy (non-hydrogen) atoms. The lowest BCUT2D eigenvalue weighted by Gasteiger charge is -2.31. The summed E-state index contributed by atoms with van der Waals surface area (Å²) in [6, 6.07) is 14.0. The minimum Gasteiger partial charge on any atom is -0.366 e. The third-order valence-corrected chi connectivity index (χ3v) is 5.06. The zero-order valence-electron chi connectivity index (χ0n) is 16.9. The number of rotatable bonds is 6. The highest BCUT2D eigenvalue weighted by Gasteiger charge is 2.20. The van der Waals surface area contributed by atoms with E-state index in [1.54, 1.807) is 35.5 Å². The third-order valence-electron chi connectivity index (χ3n) is 5.06. The second-order valence-corrected chi connectivity index (χ2v) is 7.10. The average Bonchev–Trinajstić information content (AvgIpc) is 2.79. The summed E-state index contributed by atoms with van der Waals surface area (Å²) in [5.41, 5.74) is 2.21. The van der Waals surface area contributed by atoms with Crippen LogP contribution in [0.2, 0.25) is 0 Å². The third kappa shape index (κ3) is 4.69. The highest BCUT2D eigenvalue weighted by molar-refractivity contribution is 5.71. The molecule has 0 saturated carbocycles. The first-order chi connectivity index (χ1) is 15.0. The van der Waals surface area contributed by atoms with Gasteiger partial charge in [-0.3, -0.25) is 20.4 Å². The number of nitrogens with one attached hydrogen (secondary N) is 2. The fraction of sp³-hybridized carbons (Fsp3) is 0.238. The van der Waals surface area contributed by atoms with Crippen LogP contribution in [0.4, 0.5) is 38.8 Å². The van der Waals surface area contributed by atoms with Crippen molar-refractivity contribution in [1.29, 1.82) is 0 Å². The molecule has 1 atom stereocenters. The summed E-state index contributed by atoms with van der Waals surface area (Å²) in [4.78, 5) is 23.3. The number of halogens is 1. The van der Waals surface area contributed by atoms with Crippen LogP contribution in [0.1, 0.15) is 0 Å². The summed E-state index contributed by atoms with van der Waals surface area (Å²) in [5.74, 6) is 0.671. The number of nitro groups is 1. The number of hydrogen-bond acceptors (Lipinski definition) is 8. The predicted molar refractivity (Wildman–Crippen MR) is 118 cm³/mol. The molecule has 1 fully saturated rings. The van der Waals surface area contributed by atoms with E-state index in [-0.39, 0.29) is 18.1 Å². The van der Waals surface area contributed by atoms with Gasteiger partial charge in [0.15, 0.2) is 6.30 Å². The first kappa shape index (κ1) is 20.5. The average molecular weight is 423 g/mol. The highest BCUT2D eigenvalue weighted by Crippen LogP contribution is 2.31. The Morgan fingerprint density at radius 2 is 2.06 bits per heavy atom. The number of piperazine rings is 1. The molecule has 9 nitrogen and oxygen atoms in total. The van der Waals surface area contributed by atoms with Crippen LogP contribution in [-0.4, -0.2) is 47.9 Å². The van der Waals surface area contributed by atoms with Crippen molar-refractivity contribution in [3.8, 4) is 0 Å². The first-order valence-electron chi connectivity index (χ1n) is 9.80. The van der Waals surface area contributed by atoms with E-state index in [4.69, 9.17) is 0 Å². The van der Waals surface area contributed by atoms with Crippen molar-refractivity contribution in [2.45, 2.75) is 6.30 Å². The van der Waals surface area contributed by atoms with Gasteiger partial charge in [-0.1, -0.05) is 0 Å². The number of alkyl halides is 1. The Kier molecular flexibility index (Phi) is 5.89. The lowest BCUT2D eigenvalue weighted by molar-refractivity contribution is -0.384. The standard InChI is InChI=1S/C21H22FN7O2/c1-27(17-3-2-10-23-13-17)20-9-8-18(29(30)31)21(26-20)25-15-4-6-16(7-5-15)28-12-11-24-19(22)14-28/h2-10,13,19,24H,11-12,14H2,1H3,(H,25,26). The zero-order chi connectivity index (χ0) is 21.8. The van der Waals surface area contributed by atoms with Crippen LogP contribution >= 0.6 is 0 Å². The van der Waals surface area contributed by atoms with Crippen molar-refractivity contribution in [2.24, 2.45) is 0 Å². The van der Waals surface area contributed by atoms with Crippen LogP contribution < -0.4 is 20.4 Å². The van der Waals surface area contributed by atoms with Gasteiger partial charge in [0, 0.05) is 43.8 Å². The van der Waals surface area contributed by atoms with Crippen LogP contribution in [0.5, 0.6) is 0 Å². The van der Waals surface area contributed by atoms with Gasteiger partial charge >= 0.3 is 5.69 Å². The van der Waals surface area contributed by atoms with Gasteiger partial charge in [0.05, 0.1) is 23.4 Å². The van der Waals surface area contributed by atoms with Crippen molar-refractivity contribution in [3.63, 3.8) is 0 Å². The van der Waals surface area contributed by atoms with E-state index in [1.165, 1.54) is 6.07 Å². The Morgan fingerprint density at radius 3 is 2.74 bits per heavy atom. The lowest BCUT2D eigenvalue weighted by Crippen LogP contribution is -2.48. The maximum atomic E-state index is 13.6. The van der Waals surface area contributed by atoms with Gasteiger partial charge in [0.25, 0.3) is 0 Å². The smallest absolute Gasteiger partial charge is 0.311 e. The molecular weight excluding hydrogens is 401 g/mol. The molecule has 0 aliphatic carbocycles. The Balaban J connectivity index is 1.57. The monoisotopic (exact) mass is 423 g/mol. The number of hydrogen-bond donors (Lipinski definition) is 2. The van der Waals surface area contributed by atoms with Crippen LogP contribution in [0.15, 0.2) is 60.9 Å². The number of benzene rings is 1. The number of pyridine rings is 2. The van der Waals surface area contributed by atoms with Gasteiger partial charge in [-0.15, -0.1) is 0 Å². The van der Waals surface area contributed by atoms with Gasteiger partial charge in [0.1, 0.15) is 5.82 Å². The summed E-state index contributed by atoms with van der Waals surface area (Å²) < 4.78 is 13.6. The van der Waals surface area contributed by atoms with Crippen LogP contribution in [0, 0.1) is 10.1 Å². The van der Waals surface area contributed by atoms with Crippen molar-refractivity contribution in [2.75, 3.05) is 41.8 Å². The zero-order valence-corrected chi connectivity index (χ0v) is 16.9. The largest absolute Gasteiger partial charge is 0.366 e. The fourth-order valence-electron chi connectivity index (χ4n) is 3.38. The summed E-state index contributed by atoms with van der Waals surface area (Å²) in [6.45, 7) is 1.57. The molecule has 3 heterocycles. The van der Waals surface area contributed by atoms with Crippen LogP contribution in [-0.2, 0) is 0 Å². The molecule has 3 aromatic rings. The van der Waals surface area contributed by atoms with Crippen LogP contribution in [0.25, 0.3) is 0 Å². The summed E-state index contributed by atoms with van der Waals surface area (Å²) >= 11 is 0. The molecular formula is C21H22FN7O2. The molecule has 2 N–H and O–H groups in total. The second-order valence-electron chi connectivity index (χ2n) is 7.10.